The molecule has 0 radical (unpaired) electrons. The molecule has 7 heteroatoms. The monoisotopic (exact) mass is 292 g/mol. The predicted octanol–water partition coefficient (Wildman–Crippen LogP) is 1.27. The molecule has 0 aliphatic heterocycles. The van der Waals surface area contributed by atoms with E-state index in [9.17, 15) is 8.42 Å². The Morgan fingerprint density at radius 1 is 1.50 bits per heavy atom. The molecule has 0 spiro atoms. The fraction of sp³-hybridized carbons (Fsp3) is 0.636. The molecular formula is C11H20N2O3S2. The van der Waals surface area contributed by atoms with Crippen molar-refractivity contribution in [3.8, 4) is 0 Å². The SMILES string of the molecule is Cc1ccc(C(C)NS(=O)(=O)N(C)CCCO)s1. The lowest BCUT2D eigenvalue weighted by Crippen LogP contribution is -2.39. The van der Waals surface area contributed by atoms with Crippen LogP contribution in [0.2, 0.25) is 0 Å². The average molecular weight is 292 g/mol. The summed E-state index contributed by atoms with van der Waals surface area (Å²) in [7, 11) is -1.99. The van der Waals surface area contributed by atoms with Crippen molar-refractivity contribution in [1.82, 2.24) is 9.03 Å². The number of aliphatic hydroxyl groups excluding tert-OH is 1. The number of thiophene rings is 1. The van der Waals surface area contributed by atoms with Crippen LogP contribution in [0.25, 0.3) is 0 Å². The molecule has 104 valence electrons. The first-order chi connectivity index (χ1) is 8.36. The van der Waals surface area contributed by atoms with E-state index in [0.29, 0.717) is 13.0 Å². The maximum Gasteiger partial charge on any atom is 0.279 e. The first-order valence-corrected chi connectivity index (χ1v) is 8.03. The molecule has 1 aromatic rings. The number of hydrogen-bond acceptors (Lipinski definition) is 4. The number of aliphatic hydroxyl groups is 1. The largest absolute Gasteiger partial charge is 0.396 e. The highest BCUT2D eigenvalue weighted by Gasteiger charge is 2.21. The number of rotatable bonds is 7. The molecule has 0 aromatic carbocycles. The molecule has 1 atom stereocenters. The molecule has 1 aromatic heterocycles. The summed E-state index contributed by atoms with van der Waals surface area (Å²) in [6, 6.07) is 3.66. The van der Waals surface area contributed by atoms with Crippen LogP contribution >= 0.6 is 11.3 Å². The van der Waals surface area contributed by atoms with E-state index in [1.54, 1.807) is 11.3 Å². The Balaban J connectivity index is 2.65. The smallest absolute Gasteiger partial charge is 0.279 e. The lowest BCUT2D eigenvalue weighted by Gasteiger charge is -2.20. The van der Waals surface area contributed by atoms with Gasteiger partial charge in [-0.2, -0.15) is 17.4 Å². The van der Waals surface area contributed by atoms with Gasteiger partial charge in [0.05, 0.1) is 6.04 Å². The summed E-state index contributed by atoms with van der Waals surface area (Å²) in [5.74, 6) is 0. The van der Waals surface area contributed by atoms with Gasteiger partial charge in [-0.1, -0.05) is 0 Å². The lowest BCUT2D eigenvalue weighted by atomic mass is 10.3. The van der Waals surface area contributed by atoms with E-state index in [2.05, 4.69) is 4.72 Å². The Bertz CT molecular complexity index is 470. The molecule has 18 heavy (non-hydrogen) atoms. The standard InChI is InChI=1S/C11H20N2O3S2/c1-9-5-6-11(17-9)10(2)12-18(15,16)13(3)7-4-8-14/h5-6,10,12,14H,4,7-8H2,1-3H3. The molecule has 5 nitrogen and oxygen atoms in total. The Hall–Kier alpha value is -0.470. The normalized spacial score (nSPS) is 14.1. The second kappa shape index (κ2) is 6.63. The summed E-state index contributed by atoms with van der Waals surface area (Å²) in [4.78, 5) is 2.15. The number of aryl methyl sites for hydroxylation is 1. The van der Waals surface area contributed by atoms with E-state index in [-0.39, 0.29) is 12.6 Å². The third kappa shape index (κ3) is 4.33. The second-order valence-electron chi connectivity index (χ2n) is 4.19. The molecule has 0 amide bonds. The molecule has 2 N–H and O–H groups in total. The van der Waals surface area contributed by atoms with Crippen molar-refractivity contribution < 1.29 is 13.5 Å². The van der Waals surface area contributed by atoms with Crippen molar-refractivity contribution in [2.45, 2.75) is 26.3 Å². The molecule has 0 aliphatic rings. The fourth-order valence-corrected chi connectivity index (χ4v) is 3.55. The van der Waals surface area contributed by atoms with Crippen LogP contribution in [-0.2, 0) is 10.2 Å². The molecule has 0 saturated heterocycles. The van der Waals surface area contributed by atoms with Crippen LogP contribution < -0.4 is 4.72 Å². The zero-order valence-electron chi connectivity index (χ0n) is 10.9. The maximum atomic E-state index is 12.0. The summed E-state index contributed by atoms with van der Waals surface area (Å²) in [6.45, 7) is 4.10. The van der Waals surface area contributed by atoms with Crippen molar-refractivity contribution in [2.24, 2.45) is 0 Å². The minimum atomic E-state index is -3.49. The van der Waals surface area contributed by atoms with Gasteiger partial charge in [-0.15, -0.1) is 11.3 Å². The maximum absolute atomic E-state index is 12.0. The molecule has 1 heterocycles. The van der Waals surface area contributed by atoms with E-state index in [1.807, 2.05) is 26.0 Å². The fourth-order valence-electron chi connectivity index (χ4n) is 1.47. The topological polar surface area (TPSA) is 69.6 Å². The zero-order chi connectivity index (χ0) is 13.8. The second-order valence-corrected chi connectivity index (χ2v) is 7.32. The Morgan fingerprint density at radius 3 is 2.67 bits per heavy atom. The van der Waals surface area contributed by atoms with Crippen molar-refractivity contribution >= 4 is 21.5 Å². The highest BCUT2D eigenvalue weighted by atomic mass is 32.2. The van der Waals surface area contributed by atoms with E-state index in [0.717, 1.165) is 9.75 Å². The van der Waals surface area contributed by atoms with Crippen LogP contribution in [0.5, 0.6) is 0 Å². The molecule has 0 fully saturated rings. The third-order valence-electron chi connectivity index (χ3n) is 2.56. The molecule has 1 rings (SSSR count). The van der Waals surface area contributed by atoms with Gasteiger partial charge in [-0.25, -0.2) is 0 Å². The lowest BCUT2D eigenvalue weighted by molar-refractivity contribution is 0.275. The summed E-state index contributed by atoms with van der Waals surface area (Å²) < 4.78 is 27.8. The van der Waals surface area contributed by atoms with E-state index >= 15 is 0 Å². The Kier molecular flexibility index (Phi) is 5.74. The summed E-state index contributed by atoms with van der Waals surface area (Å²) in [6.07, 6.45) is 0.434. The molecule has 0 bridgehead atoms. The third-order valence-corrected chi connectivity index (χ3v) is 5.39. The van der Waals surface area contributed by atoms with Crippen LogP contribution in [0.3, 0.4) is 0 Å². The van der Waals surface area contributed by atoms with Gasteiger partial charge in [-0.3, -0.25) is 0 Å². The van der Waals surface area contributed by atoms with Gasteiger partial charge in [0, 0.05) is 30.0 Å². The van der Waals surface area contributed by atoms with Crippen LogP contribution in [0.1, 0.15) is 29.1 Å². The quantitative estimate of drug-likeness (QED) is 0.795. The summed E-state index contributed by atoms with van der Waals surface area (Å²) >= 11 is 1.58. The van der Waals surface area contributed by atoms with Crippen molar-refractivity contribution in [1.29, 1.82) is 0 Å². The highest BCUT2D eigenvalue weighted by Crippen LogP contribution is 2.23. The number of hydrogen-bond donors (Lipinski definition) is 2. The van der Waals surface area contributed by atoms with Gasteiger partial charge in [0.15, 0.2) is 0 Å². The Morgan fingerprint density at radius 2 is 2.17 bits per heavy atom. The van der Waals surface area contributed by atoms with Gasteiger partial charge in [-0.05, 0) is 32.4 Å². The first kappa shape index (κ1) is 15.6. The average Bonchev–Trinajstić information content (AvgIpc) is 2.72. The predicted molar refractivity (Wildman–Crippen MR) is 73.9 cm³/mol. The summed E-state index contributed by atoms with van der Waals surface area (Å²) in [5.41, 5.74) is 0. The van der Waals surface area contributed by atoms with Gasteiger partial charge in [0.1, 0.15) is 0 Å². The highest BCUT2D eigenvalue weighted by molar-refractivity contribution is 7.87. The van der Waals surface area contributed by atoms with Gasteiger partial charge in [0.25, 0.3) is 10.2 Å². The van der Waals surface area contributed by atoms with Crippen molar-refractivity contribution in [3.63, 3.8) is 0 Å². The van der Waals surface area contributed by atoms with Crippen molar-refractivity contribution in [2.75, 3.05) is 20.2 Å². The van der Waals surface area contributed by atoms with Gasteiger partial charge < -0.3 is 5.11 Å². The van der Waals surface area contributed by atoms with Gasteiger partial charge in [0.2, 0.25) is 0 Å². The molecule has 1 unspecified atom stereocenters. The van der Waals surface area contributed by atoms with E-state index in [1.165, 1.54) is 11.4 Å². The zero-order valence-corrected chi connectivity index (χ0v) is 12.5. The van der Waals surface area contributed by atoms with Crippen LogP contribution in [0.15, 0.2) is 12.1 Å². The van der Waals surface area contributed by atoms with Crippen LogP contribution in [0.4, 0.5) is 0 Å². The van der Waals surface area contributed by atoms with Crippen LogP contribution in [0, 0.1) is 6.92 Å². The minimum absolute atomic E-state index is 0.0144. The minimum Gasteiger partial charge on any atom is -0.396 e. The van der Waals surface area contributed by atoms with E-state index in [4.69, 9.17) is 5.11 Å². The van der Waals surface area contributed by atoms with Crippen molar-refractivity contribution in [3.05, 3.63) is 21.9 Å². The molecular weight excluding hydrogens is 272 g/mol. The molecule has 0 saturated carbocycles. The van der Waals surface area contributed by atoms with Crippen LogP contribution in [-0.4, -0.2) is 38.0 Å². The Labute approximate surface area is 113 Å². The number of nitrogens with zero attached hydrogens (tertiary/aromatic N) is 1. The van der Waals surface area contributed by atoms with E-state index < -0.39 is 10.2 Å². The first-order valence-electron chi connectivity index (χ1n) is 5.77. The summed E-state index contributed by atoms with van der Waals surface area (Å²) in [5, 5.41) is 8.70. The van der Waals surface area contributed by atoms with Gasteiger partial charge >= 0.3 is 0 Å². The molecule has 0 aliphatic carbocycles. The number of nitrogens with one attached hydrogen (secondary N) is 1.